The van der Waals surface area contributed by atoms with Crippen molar-refractivity contribution in [1.29, 1.82) is 0 Å². The van der Waals surface area contributed by atoms with E-state index < -0.39 is 10.0 Å². The molecule has 0 aliphatic carbocycles. The van der Waals surface area contributed by atoms with Crippen LogP contribution in [0.15, 0.2) is 29.2 Å². The van der Waals surface area contributed by atoms with Gasteiger partial charge in [0.25, 0.3) is 0 Å². The zero-order valence-corrected chi connectivity index (χ0v) is 10.2. The fourth-order valence-corrected chi connectivity index (χ4v) is 2.28. The van der Waals surface area contributed by atoms with E-state index in [1.165, 1.54) is 12.1 Å². The molecule has 0 saturated heterocycles. The van der Waals surface area contributed by atoms with Gasteiger partial charge in [-0.25, -0.2) is 13.1 Å². The van der Waals surface area contributed by atoms with Crippen LogP contribution in [0.3, 0.4) is 0 Å². The molecule has 0 aromatic heterocycles. The van der Waals surface area contributed by atoms with Crippen molar-refractivity contribution in [2.75, 3.05) is 27.2 Å². The standard InChI is InChI=1S/C10H16N2O3S/c1-12(2)8-7-11-16(14,15)10-6-4-3-5-9(10)13/h3-6,11,13H,7-8H2,1-2H3. The van der Waals surface area contributed by atoms with Crippen LogP contribution >= 0.6 is 0 Å². The Morgan fingerprint density at radius 2 is 1.94 bits per heavy atom. The SMILES string of the molecule is CN(C)CCNS(=O)(=O)c1ccccc1O. The highest BCUT2D eigenvalue weighted by Gasteiger charge is 2.16. The number of nitrogens with one attached hydrogen (secondary N) is 1. The minimum Gasteiger partial charge on any atom is -0.507 e. The number of rotatable bonds is 5. The molecule has 0 spiro atoms. The third kappa shape index (κ3) is 3.48. The van der Waals surface area contributed by atoms with Crippen molar-refractivity contribution in [1.82, 2.24) is 9.62 Å². The highest BCUT2D eigenvalue weighted by atomic mass is 32.2. The fourth-order valence-electron chi connectivity index (χ4n) is 1.17. The lowest BCUT2D eigenvalue weighted by Crippen LogP contribution is -2.31. The van der Waals surface area contributed by atoms with Gasteiger partial charge in [-0.1, -0.05) is 12.1 Å². The number of likely N-dealkylation sites (N-methyl/N-ethyl adjacent to an activating group) is 1. The first-order valence-electron chi connectivity index (χ1n) is 4.86. The number of hydrogen-bond donors (Lipinski definition) is 2. The van der Waals surface area contributed by atoms with E-state index in [2.05, 4.69) is 4.72 Å². The smallest absolute Gasteiger partial charge is 0.244 e. The van der Waals surface area contributed by atoms with Gasteiger partial charge in [0.2, 0.25) is 10.0 Å². The summed E-state index contributed by atoms with van der Waals surface area (Å²) in [5.41, 5.74) is 0. The lowest BCUT2D eigenvalue weighted by molar-refractivity contribution is 0.412. The molecular weight excluding hydrogens is 228 g/mol. The van der Waals surface area contributed by atoms with Crippen molar-refractivity contribution in [3.8, 4) is 5.75 Å². The highest BCUT2D eigenvalue weighted by molar-refractivity contribution is 7.89. The fraction of sp³-hybridized carbons (Fsp3) is 0.400. The van der Waals surface area contributed by atoms with Crippen molar-refractivity contribution in [3.63, 3.8) is 0 Å². The van der Waals surface area contributed by atoms with Crippen molar-refractivity contribution in [2.45, 2.75) is 4.90 Å². The second-order valence-electron chi connectivity index (χ2n) is 3.67. The van der Waals surface area contributed by atoms with Gasteiger partial charge in [-0.3, -0.25) is 0 Å². The molecule has 5 nitrogen and oxygen atoms in total. The van der Waals surface area contributed by atoms with Gasteiger partial charge in [-0.2, -0.15) is 0 Å². The molecule has 0 fully saturated rings. The van der Waals surface area contributed by atoms with Gasteiger partial charge in [0.15, 0.2) is 0 Å². The van der Waals surface area contributed by atoms with Crippen LogP contribution in [0.25, 0.3) is 0 Å². The first kappa shape index (κ1) is 13.0. The number of hydrogen-bond acceptors (Lipinski definition) is 4. The molecule has 0 heterocycles. The number of benzene rings is 1. The molecule has 0 bridgehead atoms. The third-order valence-electron chi connectivity index (χ3n) is 2.01. The first-order valence-corrected chi connectivity index (χ1v) is 6.34. The molecule has 0 aliphatic heterocycles. The summed E-state index contributed by atoms with van der Waals surface area (Å²) in [7, 11) is 0.0976. The van der Waals surface area contributed by atoms with E-state index >= 15 is 0 Å². The van der Waals surface area contributed by atoms with Crippen molar-refractivity contribution >= 4 is 10.0 Å². The second kappa shape index (κ2) is 5.29. The highest BCUT2D eigenvalue weighted by Crippen LogP contribution is 2.20. The molecule has 1 aromatic rings. The van der Waals surface area contributed by atoms with Crippen LogP contribution in [0.2, 0.25) is 0 Å². The molecule has 1 rings (SSSR count). The molecule has 0 aliphatic rings. The summed E-state index contributed by atoms with van der Waals surface area (Å²) in [6, 6.07) is 5.86. The van der Waals surface area contributed by atoms with E-state index in [-0.39, 0.29) is 10.6 Å². The summed E-state index contributed by atoms with van der Waals surface area (Å²) < 4.78 is 25.9. The summed E-state index contributed by atoms with van der Waals surface area (Å²) in [5, 5.41) is 9.43. The summed E-state index contributed by atoms with van der Waals surface area (Å²) in [5.74, 6) is -0.236. The van der Waals surface area contributed by atoms with E-state index in [1.54, 1.807) is 12.1 Å². The molecule has 0 unspecified atom stereocenters. The van der Waals surface area contributed by atoms with Crippen LogP contribution in [0.5, 0.6) is 5.75 Å². The van der Waals surface area contributed by atoms with Crippen LogP contribution in [-0.2, 0) is 10.0 Å². The number of nitrogens with zero attached hydrogens (tertiary/aromatic N) is 1. The molecule has 90 valence electrons. The first-order chi connectivity index (χ1) is 7.43. The predicted molar refractivity (Wildman–Crippen MR) is 61.8 cm³/mol. The molecule has 0 amide bonds. The van der Waals surface area contributed by atoms with Gasteiger partial charge < -0.3 is 10.0 Å². The van der Waals surface area contributed by atoms with Gasteiger partial charge >= 0.3 is 0 Å². The summed E-state index contributed by atoms with van der Waals surface area (Å²) in [4.78, 5) is 1.78. The lowest BCUT2D eigenvalue weighted by atomic mass is 10.3. The molecule has 0 radical (unpaired) electrons. The average molecular weight is 244 g/mol. The van der Waals surface area contributed by atoms with Gasteiger partial charge in [0, 0.05) is 13.1 Å². The normalized spacial score (nSPS) is 11.9. The number of phenols is 1. The van der Waals surface area contributed by atoms with E-state index in [1.807, 2.05) is 19.0 Å². The Morgan fingerprint density at radius 3 is 2.50 bits per heavy atom. The van der Waals surface area contributed by atoms with Crippen molar-refractivity contribution < 1.29 is 13.5 Å². The van der Waals surface area contributed by atoms with E-state index in [0.29, 0.717) is 13.1 Å². The maximum absolute atomic E-state index is 11.7. The molecule has 0 saturated carbocycles. The number of para-hydroxylation sites is 1. The molecule has 6 heteroatoms. The molecular formula is C10H16N2O3S. The summed E-state index contributed by atoms with van der Waals surface area (Å²) in [6.07, 6.45) is 0. The molecule has 16 heavy (non-hydrogen) atoms. The minimum absolute atomic E-state index is 0.0891. The Hall–Kier alpha value is -1.11. The summed E-state index contributed by atoms with van der Waals surface area (Å²) in [6.45, 7) is 0.913. The number of phenolic OH excluding ortho intramolecular Hbond substituents is 1. The minimum atomic E-state index is -3.61. The maximum atomic E-state index is 11.7. The number of sulfonamides is 1. The summed E-state index contributed by atoms with van der Waals surface area (Å²) >= 11 is 0. The van der Waals surface area contributed by atoms with Gasteiger partial charge in [0.05, 0.1) is 0 Å². The monoisotopic (exact) mass is 244 g/mol. The Bertz CT molecular complexity index is 443. The quantitative estimate of drug-likeness (QED) is 0.778. The van der Waals surface area contributed by atoms with E-state index in [4.69, 9.17) is 0 Å². The maximum Gasteiger partial charge on any atom is 0.244 e. The van der Waals surface area contributed by atoms with Crippen molar-refractivity contribution in [3.05, 3.63) is 24.3 Å². The molecule has 2 N–H and O–H groups in total. The number of aromatic hydroxyl groups is 1. The average Bonchev–Trinajstić information content (AvgIpc) is 2.17. The molecule has 1 aromatic carbocycles. The topological polar surface area (TPSA) is 69.6 Å². The zero-order chi connectivity index (χ0) is 12.2. The lowest BCUT2D eigenvalue weighted by Gasteiger charge is -2.11. The van der Waals surface area contributed by atoms with Crippen LogP contribution in [0, 0.1) is 0 Å². The Balaban J connectivity index is 2.75. The largest absolute Gasteiger partial charge is 0.507 e. The van der Waals surface area contributed by atoms with Crippen LogP contribution in [0.1, 0.15) is 0 Å². The second-order valence-corrected chi connectivity index (χ2v) is 5.40. The zero-order valence-electron chi connectivity index (χ0n) is 9.34. The Labute approximate surface area is 95.8 Å². The van der Waals surface area contributed by atoms with Crippen LogP contribution < -0.4 is 4.72 Å². The Morgan fingerprint density at radius 1 is 1.31 bits per heavy atom. The van der Waals surface area contributed by atoms with Crippen LogP contribution in [-0.4, -0.2) is 45.6 Å². The van der Waals surface area contributed by atoms with E-state index in [9.17, 15) is 13.5 Å². The third-order valence-corrected chi connectivity index (χ3v) is 3.51. The predicted octanol–water partition coefficient (Wildman–Crippen LogP) is 0.232. The van der Waals surface area contributed by atoms with Gasteiger partial charge in [-0.15, -0.1) is 0 Å². The van der Waals surface area contributed by atoms with Gasteiger partial charge in [0.1, 0.15) is 10.6 Å². The van der Waals surface area contributed by atoms with Crippen LogP contribution in [0.4, 0.5) is 0 Å². The Kier molecular flexibility index (Phi) is 4.28. The molecule has 0 atom stereocenters. The van der Waals surface area contributed by atoms with Crippen molar-refractivity contribution in [2.24, 2.45) is 0 Å². The van der Waals surface area contributed by atoms with Gasteiger partial charge in [-0.05, 0) is 26.2 Å². The van der Waals surface area contributed by atoms with E-state index in [0.717, 1.165) is 0 Å².